The number of anilines is 6. The maximum atomic E-state index is 14.0. The quantitative estimate of drug-likeness (QED) is 0.0494. The number of rotatable bonds is 12. The van der Waals surface area contributed by atoms with E-state index in [1.54, 1.807) is 97.3 Å². The average Bonchev–Trinajstić information content (AvgIpc) is 0.678. The third-order valence-corrected chi connectivity index (χ3v) is 22.6. The summed E-state index contributed by atoms with van der Waals surface area (Å²) in [6.07, 6.45) is -10.4. The van der Waals surface area contributed by atoms with Crippen LogP contribution in [0.25, 0.3) is 32.4 Å². The number of aromatic nitrogens is 3. The molecular weight excluding hydrogens is 1650 g/mol. The molecule has 0 bridgehead atoms. The minimum absolute atomic E-state index is 0.0640. The molecule has 125 heavy (non-hydrogen) atoms. The van der Waals surface area contributed by atoms with E-state index in [4.69, 9.17) is 40.4 Å². The van der Waals surface area contributed by atoms with Crippen LogP contribution in [0.2, 0.25) is 10.0 Å². The number of hydrogen-bond acceptors (Lipinski definition) is 15. The molecule has 9 aromatic carbocycles. The number of amides is 3. The molecule has 0 saturated carbocycles. The van der Waals surface area contributed by atoms with Crippen molar-refractivity contribution in [1.82, 2.24) is 44.4 Å². The summed E-state index contributed by atoms with van der Waals surface area (Å²) in [4.78, 5) is 64.5. The number of nitrogens with two attached hydrogens (primary N) is 3. The Labute approximate surface area is 727 Å². The average molecular weight is 1740 g/mol. The molecular formula is C96H88Cl2F9N15O3. The van der Waals surface area contributed by atoms with E-state index in [1.807, 2.05) is 93.0 Å². The zero-order chi connectivity index (χ0) is 89.2. The molecule has 0 aliphatic carbocycles. The van der Waals surface area contributed by atoms with Crippen molar-refractivity contribution < 1.29 is 53.9 Å². The zero-order valence-electron chi connectivity index (χ0n) is 69.1. The van der Waals surface area contributed by atoms with Crippen LogP contribution in [-0.4, -0.2) is 162 Å². The van der Waals surface area contributed by atoms with Gasteiger partial charge in [-0.25, -0.2) is 15.0 Å². The number of nitrogens with zero attached hydrogens (tertiary/aromatic N) is 9. The van der Waals surface area contributed by atoms with Crippen LogP contribution in [0.3, 0.4) is 0 Å². The monoisotopic (exact) mass is 1740 g/mol. The molecule has 0 unspecified atom stereocenters. The highest BCUT2D eigenvalue weighted by molar-refractivity contribution is 6.35. The minimum Gasteiger partial charge on any atom is -0.384 e. The third-order valence-electron chi connectivity index (χ3n) is 22.0. The van der Waals surface area contributed by atoms with Crippen LogP contribution in [-0.2, 0) is 38.2 Å². The lowest BCUT2D eigenvalue weighted by molar-refractivity contribution is -0.139. The molecule has 3 aromatic heterocycles. The van der Waals surface area contributed by atoms with E-state index in [1.165, 1.54) is 36.4 Å². The number of halogens is 11. The second kappa shape index (κ2) is 39.1. The Morgan fingerprint density at radius 2 is 0.768 bits per heavy atom. The highest BCUT2D eigenvalue weighted by atomic mass is 35.5. The summed E-state index contributed by atoms with van der Waals surface area (Å²) in [5, 5.41) is 12.8. The number of nitrogens with one attached hydrogen (secondary N) is 3. The number of carbonyl (C=O) groups is 3. The van der Waals surface area contributed by atoms with Gasteiger partial charge in [-0.1, -0.05) is 132 Å². The van der Waals surface area contributed by atoms with Gasteiger partial charge in [-0.15, -0.1) is 0 Å². The number of pyridine rings is 3. The van der Waals surface area contributed by atoms with Gasteiger partial charge < -0.3 is 47.9 Å². The number of hydrogen-bond donors (Lipinski definition) is 6. The number of piperazine rings is 3. The van der Waals surface area contributed by atoms with Crippen molar-refractivity contribution in [1.29, 1.82) is 0 Å². The Hall–Kier alpha value is -12.6. The molecule has 0 spiro atoms. The minimum atomic E-state index is -4.56. The predicted molar refractivity (Wildman–Crippen MR) is 476 cm³/mol. The first kappa shape index (κ1) is 90.1. The van der Waals surface area contributed by atoms with Gasteiger partial charge in [0.15, 0.2) is 0 Å². The first-order chi connectivity index (χ1) is 59.5. The Morgan fingerprint density at radius 3 is 1.18 bits per heavy atom. The van der Waals surface area contributed by atoms with E-state index in [0.717, 1.165) is 107 Å². The second-order valence-electron chi connectivity index (χ2n) is 31.1. The molecule has 29 heteroatoms. The van der Waals surface area contributed by atoms with Crippen LogP contribution in [0.4, 0.5) is 74.0 Å². The standard InChI is InChI=1S/2C32H29ClF3N5O.C32H30F3N5O/c1-20-3-4-22(15-21(20)7-10-27-28-16-25(33)8-5-23(28)18-38-30(27)37)31(42)39-26-9-6-24(29(17-26)32(34,35)36)19-41-13-11-40(2)12-14-41;1-20-6-7-22(16-21(20)9-11-26-25-4-3-5-29(33)27(25)18-38-30(26)37)31(42)39-24-10-8-23(28(17-24)32(34,35)36)19-41-14-12-40(2)13-15-41;1-21-7-8-24(17-22(21)9-10-23-18-30(36)38-29-6-4-3-5-27(23)29)31(41)37-26-12-11-25(28(19-26)32(33,34)35)20-40-15-13-39(2)14-16-40/h3-6,8-9,15-18H,11-14,19H2,1-2H3,(H2,37,38)(H,39,42);3-8,10,16-18H,12-15,19H2,1-2H3,(H2,37,38)(H,39,42);3-8,11-12,17-19H,13-16,20H2,1-2H3,(H2,36,38)(H,37,41). The molecule has 15 rings (SSSR count). The SMILES string of the molecule is Cc1ccc(C(=O)Nc2ccc(CN3CCN(C)CC3)c(C(F)(F)F)c2)cc1C#Cc1c(N)ncc2c(Cl)cccc12.Cc1ccc(C(=O)Nc2ccc(CN3CCN(C)CC3)c(C(F)(F)F)c2)cc1C#Cc1c(N)ncc2ccc(Cl)cc12.Cc1ccc(C(=O)Nc2ccc(CN3CCN(C)CC3)c(C(F)(F)F)c2)cc1C#Cc1cc(N)nc2ccccc12. The highest BCUT2D eigenvalue weighted by Crippen LogP contribution is 2.39. The normalized spacial score (nSPS) is 14.4. The number of benzene rings is 9. The molecule has 3 aliphatic heterocycles. The van der Waals surface area contributed by atoms with Crippen molar-refractivity contribution in [3.05, 3.63) is 299 Å². The number of nitrogen functional groups attached to an aromatic ring is 3. The lowest BCUT2D eigenvalue weighted by atomic mass is 10.0. The summed E-state index contributed by atoms with van der Waals surface area (Å²) in [5.74, 6) is 17.8. The number of alkyl halides is 9. The summed E-state index contributed by atoms with van der Waals surface area (Å²) in [5.41, 5.74) is 24.2. The van der Waals surface area contributed by atoms with Crippen LogP contribution in [0, 0.1) is 56.3 Å². The maximum Gasteiger partial charge on any atom is 0.416 e. The van der Waals surface area contributed by atoms with Crippen molar-refractivity contribution in [2.45, 2.75) is 58.9 Å². The fourth-order valence-electron chi connectivity index (χ4n) is 14.6. The smallest absolute Gasteiger partial charge is 0.384 e. The fraction of sp³-hybridized carbons (Fsp3) is 0.250. The van der Waals surface area contributed by atoms with Gasteiger partial charge in [0.2, 0.25) is 0 Å². The summed E-state index contributed by atoms with van der Waals surface area (Å²) >= 11 is 12.5. The second-order valence-corrected chi connectivity index (χ2v) is 32.0. The summed E-state index contributed by atoms with van der Waals surface area (Å²) in [7, 11) is 5.99. The first-order valence-electron chi connectivity index (χ1n) is 40.0. The fourth-order valence-corrected chi connectivity index (χ4v) is 15.0. The van der Waals surface area contributed by atoms with Gasteiger partial charge in [0.05, 0.1) is 33.3 Å². The van der Waals surface area contributed by atoms with Crippen molar-refractivity contribution in [3.63, 3.8) is 0 Å². The van der Waals surface area contributed by atoms with Crippen LogP contribution < -0.4 is 33.2 Å². The van der Waals surface area contributed by atoms with Crippen LogP contribution >= 0.6 is 23.2 Å². The highest BCUT2D eigenvalue weighted by Gasteiger charge is 2.38. The predicted octanol–water partition coefficient (Wildman–Crippen LogP) is 17.9. The first-order valence-corrected chi connectivity index (χ1v) is 40.8. The molecule has 3 saturated heterocycles. The Kier molecular flexibility index (Phi) is 28.2. The van der Waals surface area contributed by atoms with Gasteiger partial charge in [0, 0.05) is 204 Å². The van der Waals surface area contributed by atoms with E-state index in [2.05, 4.69) is 81.1 Å². The summed E-state index contributed by atoms with van der Waals surface area (Å²) in [6.45, 7) is 15.2. The molecule has 18 nitrogen and oxygen atoms in total. The van der Waals surface area contributed by atoms with Crippen LogP contribution in [0.5, 0.6) is 0 Å². The Morgan fingerprint density at radius 1 is 0.392 bits per heavy atom. The van der Waals surface area contributed by atoms with E-state index < -0.39 is 52.9 Å². The third kappa shape index (κ3) is 23.1. The van der Waals surface area contributed by atoms with Gasteiger partial charge in [-0.3, -0.25) is 29.1 Å². The summed E-state index contributed by atoms with van der Waals surface area (Å²) in [6, 6.07) is 46.8. The number of likely N-dealkylation sites (N-methyl/N-ethyl adjacent to an activating group) is 3. The number of para-hydroxylation sites is 1. The number of carbonyl (C=O) groups excluding carboxylic acids is 3. The Balaban J connectivity index is 0.000000161. The molecule has 0 atom stereocenters. The van der Waals surface area contributed by atoms with Crippen molar-refractivity contribution in [2.75, 3.05) is 133 Å². The number of aryl methyl sites for hydroxylation is 3. The molecule has 3 aliphatic rings. The van der Waals surface area contributed by atoms with Gasteiger partial charge in [-0.2, -0.15) is 39.5 Å². The topological polar surface area (TPSA) is 223 Å². The van der Waals surface area contributed by atoms with Crippen molar-refractivity contribution >= 4 is 108 Å². The summed E-state index contributed by atoms with van der Waals surface area (Å²) < 4.78 is 126. The van der Waals surface area contributed by atoms with E-state index in [-0.39, 0.29) is 81.7 Å². The molecule has 642 valence electrons. The lowest BCUT2D eigenvalue weighted by Gasteiger charge is -2.33. The van der Waals surface area contributed by atoms with Crippen molar-refractivity contribution in [2.24, 2.45) is 0 Å². The maximum absolute atomic E-state index is 14.0. The van der Waals surface area contributed by atoms with E-state index >= 15 is 0 Å². The molecule has 12 aromatic rings. The molecule has 0 radical (unpaired) electrons. The van der Waals surface area contributed by atoms with E-state index in [0.29, 0.717) is 88.5 Å². The van der Waals surface area contributed by atoms with Gasteiger partial charge in [0.25, 0.3) is 17.7 Å². The van der Waals surface area contributed by atoms with Crippen LogP contribution in [0.15, 0.2) is 188 Å². The number of fused-ring (bicyclic) bond motifs is 3. The van der Waals surface area contributed by atoms with Gasteiger partial charge in [0.1, 0.15) is 17.5 Å². The zero-order valence-corrected chi connectivity index (χ0v) is 70.7. The van der Waals surface area contributed by atoms with Gasteiger partial charge >= 0.3 is 18.5 Å². The largest absolute Gasteiger partial charge is 0.416 e. The van der Waals surface area contributed by atoms with Crippen LogP contribution in [0.1, 0.15) is 115 Å². The molecule has 9 N–H and O–H groups in total. The van der Waals surface area contributed by atoms with E-state index in [9.17, 15) is 53.9 Å². The Bertz CT molecular complexity index is 6120. The van der Waals surface area contributed by atoms with Crippen molar-refractivity contribution in [3.8, 4) is 35.5 Å². The molecule has 6 heterocycles. The lowest BCUT2D eigenvalue weighted by Crippen LogP contribution is -2.44. The van der Waals surface area contributed by atoms with Gasteiger partial charge in [-0.05, 0) is 178 Å². The molecule has 3 amide bonds. The molecule has 3 fully saturated rings.